The molecule has 1 N–H and O–H groups in total. The van der Waals surface area contributed by atoms with Gasteiger partial charge in [0.1, 0.15) is 11.3 Å². The average molecular weight is 470 g/mol. The molecule has 30 heavy (non-hydrogen) atoms. The summed E-state index contributed by atoms with van der Waals surface area (Å²) in [7, 11) is 0. The first-order chi connectivity index (χ1) is 14.5. The summed E-state index contributed by atoms with van der Waals surface area (Å²) in [6.07, 6.45) is 6.67. The van der Waals surface area contributed by atoms with Crippen LogP contribution in [0.4, 0.5) is 0 Å². The molecular weight excluding hydrogens is 442 g/mol. The van der Waals surface area contributed by atoms with Crippen molar-refractivity contribution in [2.75, 3.05) is 13.2 Å². The first-order valence-electron chi connectivity index (χ1n) is 10.4. The number of allylic oxidation sites excluding steroid dienone is 1. The summed E-state index contributed by atoms with van der Waals surface area (Å²) in [6, 6.07) is 12.1. The van der Waals surface area contributed by atoms with Crippen molar-refractivity contribution in [1.29, 1.82) is 0 Å². The molecule has 0 saturated carbocycles. The van der Waals surface area contributed by atoms with E-state index in [9.17, 15) is 4.79 Å². The van der Waals surface area contributed by atoms with Crippen molar-refractivity contribution in [3.05, 3.63) is 58.8 Å². The smallest absolute Gasteiger partial charge is 0.244 e. The van der Waals surface area contributed by atoms with Gasteiger partial charge < -0.3 is 14.5 Å². The Morgan fingerprint density at radius 1 is 1.17 bits per heavy atom. The Balaban J connectivity index is 1.96. The van der Waals surface area contributed by atoms with Crippen molar-refractivity contribution < 1.29 is 13.9 Å². The van der Waals surface area contributed by atoms with Gasteiger partial charge in [-0.1, -0.05) is 47.8 Å². The Hall–Kier alpha value is -2.53. The molecule has 0 bridgehead atoms. The Morgan fingerprint density at radius 2 is 1.93 bits per heavy atom. The third-order valence-electron chi connectivity index (χ3n) is 4.98. The van der Waals surface area contributed by atoms with E-state index in [1.165, 1.54) is 0 Å². The minimum absolute atomic E-state index is 0.0773. The molecule has 0 radical (unpaired) electrons. The Morgan fingerprint density at radius 3 is 2.63 bits per heavy atom. The van der Waals surface area contributed by atoms with Crippen molar-refractivity contribution >= 4 is 38.4 Å². The van der Waals surface area contributed by atoms with Gasteiger partial charge in [0.2, 0.25) is 5.91 Å². The molecule has 1 heterocycles. The summed E-state index contributed by atoms with van der Waals surface area (Å²) >= 11 is 3.48. The Labute approximate surface area is 186 Å². The molecule has 2 aromatic carbocycles. The van der Waals surface area contributed by atoms with Crippen LogP contribution in [0.25, 0.3) is 27.7 Å². The van der Waals surface area contributed by atoms with Crippen LogP contribution in [0.3, 0.4) is 0 Å². The fraction of sp³-hybridized carbons (Fsp3) is 0.320. The molecule has 158 valence electrons. The highest BCUT2D eigenvalue weighted by Gasteiger charge is 2.15. The maximum atomic E-state index is 12.3. The normalized spacial score (nSPS) is 11.7. The molecule has 4 nitrogen and oxygen atoms in total. The molecule has 0 aliphatic heterocycles. The maximum Gasteiger partial charge on any atom is 0.244 e. The maximum absolute atomic E-state index is 12.3. The van der Waals surface area contributed by atoms with Crippen LogP contribution in [-0.2, 0) is 4.79 Å². The van der Waals surface area contributed by atoms with E-state index in [-0.39, 0.29) is 5.91 Å². The molecular formula is C25H28BrNO3. The predicted octanol–water partition coefficient (Wildman–Crippen LogP) is 6.97. The number of amides is 1. The molecule has 0 spiro atoms. The van der Waals surface area contributed by atoms with Gasteiger partial charge in [-0.2, -0.15) is 0 Å². The summed E-state index contributed by atoms with van der Waals surface area (Å²) in [4.78, 5) is 12.3. The van der Waals surface area contributed by atoms with Gasteiger partial charge in [0.05, 0.1) is 12.9 Å². The molecule has 1 amide bonds. The summed E-state index contributed by atoms with van der Waals surface area (Å²) in [6.45, 7) is 7.27. The Bertz CT molecular complexity index is 1030. The lowest BCUT2D eigenvalue weighted by molar-refractivity contribution is -0.116. The second-order valence-corrected chi connectivity index (χ2v) is 8.17. The fourth-order valence-corrected chi connectivity index (χ4v) is 3.67. The standard InChI is InChI=1S/C25H28BrNO3/c1-4-6-7-12-27-25(28)13-17(3)20-14-21-22(18-8-10-19(26)11-9-18)16-30-24(21)15-23(20)29-5-2/h8-11,13-16H,4-7,12H2,1-3H3,(H,27,28)/b17-13+. The number of benzene rings is 2. The van der Waals surface area contributed by atoms with Crippen molar-refractivity contribution in [1.82, 2.24) is 5.32 Å². The number of carbonyl (C=O) groups excluding carboxylic acids is 1. The lowest BCUT2D eigenvalue weighted by Gasteiger charge is -2.12. The van der Waals surface area contributed by atoms with Crippen LogP contribution in [0.1, 0.15) is 45.6 Å². The summed E-state index contributed by atoms with van der Waals surface area (Å²) in [5.74, 6) is 0.640. The van der Waals surface area contributed by atoms with Crippen LogP contribution in [0, 0.1) is 0 Å². The SMILES string of the molecule is CCCCCNC(=O)/C=C(\C)c1cc2c(-c3ccc(Br)cc3)coc2cc1OCC. The van der Waals surface area contributed by atoms with E-state index in [0.717, 1.165) is 57.0 Å². The van der Waals surface area contributed by atoms with Crippen molar-refractivity contribution in [2.24, 2.45) is 0 Å². The van der Waals surface area contributed by atoms with E-state index < -0.39 is 0 Å². The molecule has 0 unspecified atom stereocenters. The number of nitrogens with one attached hydrogen (secondary N) is 1. The van der Waals surface area contributed by atoms with E-state index in [2.05, 4.69) is 46.4 Å². The first-order valence-corrected chi connectivity index (χ1v) is 11.2. The molecule has 5 heteroatoms. The predicted molar refractivity (Wildman–Crippen MR) is 127 cm³/mol. The monoisotopic (exact) mass is 469 g/mol. The van der Waals surface area contributed by atoms with Crippen LogP contribution in [-0.4, -0.2) is 19.1 Å². The molecule has 0 fully saturated rings. The molecule has 0 aliphatic rings. The highest BCUT2D eigenvalue weighted by atomic mass is 79.9. The van der Waals surface area contributed by atoms with Crippen LogP contribution >= 0.6 is 15.9 Å². The van der Waals surface area contributed by atoms with E-state index in [1.54, 1.807) is 12.3 Å². The number of ether oxygens (including phenoxy) is 1. The van der Waals surface area contributed by atoms with Crippen molar-refractivity contribution in [3.63, 3.8) is 0 Å². The Kier molecular flexibility index (Phi) is 7.75. The van der Waals surface area contributed by atoms with Crippen LogP contribution < -0.4 is 10.1 Å². The molecule has 0 atom stereocenters. The number of unbranched alkanes of at least 4 members (excludes halogenated alkanes) is 2. The fourth-order valence-electron chi connectivity index (χ4n) is 3.40. The zero-order valence-electron chi connectivity index (χ0n) is 17.8. The van der Waals surface area contributed by atoms with Gasteiger partial charge in [-0.3, -0.25) is 4.79 Å². The zero-order chi connectivity index (χ0) is 21.5. The summed E-state index contributed by atoms with van der Waals surface area (Å²) in [5.41, 5.74) is 4.60. The van der Waals surface area contributed by atoms with Crippen molar-refractivity contribution in [3.8, 4) is 16.9 Å². The number of rotatable bonds is 9. The third kappa shape index (κ3) is 5.33. The highest BCUT2D eigenvalue weighted by molar-refractivity contribution is 9.10. The average Bonchev–Trinajstić information content (AvgIpc) is 3.14. The lowest BCUT2D eigenvalue weighted by atomic mass is 9.99. The number of hydrogen-bond acceptors (Lipinski definition) is 3. The van der Waals surface area contributed by atoms with Gasteiger partial charge >= 0.3 is 0 Å². The van der Waals surface area contributed by atoms with E-state index >= 15 is 0 Å². The van der Waals surface area contributed by atoms with Crippen LogP contribution in [0.15, 0.2) is 57.6 Å². The number of carbonyl (C=O) groups is 1. The molecule has 0 aliphatic carbocycles. The molecule has 3 aromatic rings. The van der Waals surface area contributed by atoms with Crippen LogP contribution in [0.2, 0.25) is 0 Å². The van der Waals surface area contributed by atoms with E-state index in [4.69, 9.17) is 9.15 Å². The quantitative estimate of drug-likeness (QED) is 0.271. The number of furan rings is 1. The van der Waals surface area contributed by atoms with Gasteiger partial charge in [-0.05, 0) is 49.6 Å². The van der Waals surface area contributed by atoms with Crippen LogP contribution in [0.5, 0.6) is 5.75 Å². The second kappa shape index (κ2) is 10.5. The first kappa shape index (κ1) is 22.2. The summed E-state index contributed by atoms with van der Waals surface area (Å²) in [5, 5.41) is 3.96. The van der Waals surface area contributed by atoms with E-state index in [0.29, 0.717) is 18.9 Å². The largest absolute Gasteiger partial charge is 0.493 e. The highest BCUT2D eigenvalue weighted by Crippen LogP contribution is 2.37. The number of hydrogen-bond donors (Lipinski definition) is 1. The number of fused-ring (bicyclic) bond motifs is 1. The van der Waals surface area contributed by atoms with Gasteiger partial charge in [0, 0.05) is 39.7 Å². The molecule has 1 aromatic heterocycles. The molecule has 3 rings (SSSR count). The zero-order valence-corrected chi connectivity index (χ0v) is 19.3. The van der Waals surface area contributed by atoms with Gasteiger partial charge in [-0.25, -0.2) is 0 Å². The lowest BCUT2D eigenvalue weighted by Crippen LogP contribution is -2.22. The second-order valence-electron chi connectivity index (χ2n) is 7.26. The van der Waals surface area contributed by atoms with E-state index in [1.807, 2.05) is 32.0 Å². The minimum atomic E-state index is -0.0773. The summed E-state index contributed by atoms with van der Waals surface area (Å²) < 4.78 is 12.7. The third-order valence-corrected chi connectivity index (χ3v) is 5.51. The minimum Gasteiger partial charge on any atom is -0.493 e. The van der Waals surface area contributed by atoms with Gasteiger partial charge in [0.25, 0.3) is 0 Å². The van der Waals surface area contributed by atoms with Crippen molar-refractivity contribution in [2.45, 2.75) is 40.0 Å². The van der Waals surface area contributed by atoms with Gasteiger partial charge in [-0.15, -0.1) is 0 Å². The molecule has 0 saturated heterocycles. The van der Waals surface area contributed by atoms with Gasteiger partial charge in [0.15, 0.2) is 0 Å². The number of halogens is 1. The topological polar surface area (TPSA) is 51.5 Å².